The van der Waals surface area contributed by atoms with E-state index in [4.69, 9.17) is 20.9 Å². The molecular weight excluding hydrogens is 318 g/mol. The predicted molar refractivity (Wildman–Crippen MR) is 97.6 cm³/mol. The molecule has 3 rings (SSSR count). The number of hydrogen-bond acceptors (Lipinski definition) is 7. The zero-order valence-corrected chi connectivity index (χ0v) is 14.7. The molecule has 0 bridgehead atoms. The second kappa shape index (κ2) is 7.57. The summed E-state index contributed by atoms with van der Waals surface area (Å²) in [4.78, 5) is 8.40. The summed E-state index contributed by atoms with van der Waals surface area (Å²) in [5.74, 6) is 2.96. The van der Waals surface area contributed by atoms with Crippen LogP contribution in [0, 0.1) is 5.92 Å². The summed E-state index contributed by atoms with van der Waals surface area (Å²) in [6.07, 6.45) is 2.83. The van der Waals surface area contributed by atoms with Crippen molar-refractivity contribution < 1.29 is 9.47 Å². The zero-order valence-electron chi connectivity index (χ0n) is 14.7. The average Bonchev–Trinajstić information content (AvgIpc) is 2.62. The van der Waals surface area contributed by atoms with E-state index in [-0.39, 0.29) is 5.95 Å². The van der Waals surface area contributed by atoms with Gasteiger partial charge in [-0.3, -0.25) is 0 Å². The Hall–Kier alpha value is -2.54. The highest BCUT2D eigenvalue weighted by Gasteiger charge is 2.22. The van der Waals surface area contributed by atoms with Gasteiger partial charge in [-0.2, -0.15) is 4.98 Å². The summed E-state index contributed by atoms with van der Waals surface area (Å²) in [5, 5.41) is 3.52. The van der Waals surface area contributed by atoms with E-state index >= 15 is 0 Å². The maximum atomic E-state index is 6.01. The summed E-state index contributed by atoms with van der Waals surface area (Å²) in [6.45, 7) is 1.61. The van der Waals surface area contributed by atoms with Crippen molar-refractivity contribution in [3.8, 4) is 11.5 Å². The first kappa shape index (κ1) is 17.3. The van der Waals surface area contributed by atoms with Gasteiger partial charge in [0.05, 0.1) is 19.9 Å². The Bertz CT molecular complexity index is 750. The molecule has 0 amide bonds. The number of ether oxygens (including phenoxy) is 2. The van der Waals surface area contributed by atoms with Crippen molar-refractivity contribution in [1.29, 1.82) is 0 Å². The van der Waals surface area contributed by atoms with Crippen molar-refractivity contribution in [2.45, 2.75) is 25.8 Å². The number of aryl methyl sites for hydroxylation is 1. The van der Waals surface area contributed by atoms with Crippen molar-refractivity contribution in [2.75, 3.05) is 32.2 Å². The van der Waals surface area contributed by atoms with Crippen LogP contribution in [0.15, 0.2) is 18.2 Å². The Morgan fingerprint density at radius 3 is 2.80 bits per heavy atom. The number of aromatic nitrogens is 2. The lowest BCUT2D eigenvalue weighted by atomic mass is 9.86. The minimum Gasteiger partial charge on any atom is -0.497 e. The third-order valence-electron chi connectivity index (χ3n) is 4.66. The van der Waals surface area contributed by atoms with Crippen LogP contribution in [-0.4, -0.2) is 30.7 Å². The van der Waals surface area contributed by atoms with Crippen LogP contribution in [0.1, 0.15) is 23.2 Å². The number of anilines is 2. The molecule has 0 fully saturated rings. The quantitative estimate of drug-likeness (QED) is 0.730. The Labute approximate surface area is 147 Å². The van der Waals surface area contributed by atoms with E-state index in [1.165, 1.54) is 0 Å². The molecule has 1 heterocycles. The molecule has 0 saturated heterocycles. The molecule has 2 aromatic rings. The molecule has 7 heteroatoms. The van der Waals surface area contributed by atoms with Gasteiger partial charge in [0.25, 0.3) is 0 Å². The van der Waals surface area contributed by atoms with Crippen molar-refractivity contribution in [1.82, 2.24) is 15.3 Å². The Morgan fingerprint density at radius 2 is 2.04 bits per heavy atom. The Morgan fingerprint density at radius 1 is 1.20 bits per heavy atom. The van der Waals surface area contributed by atoms with E-state index in [1.807, 2.05) is 18.2 Å². The molecule has 0 saturated carbocycles. The minimum absolute atomic E-state index is 0.262. The number of nitrogens with one attached hydrogen (secondary N) is 1. The highest BCUT2D eigenvalue weighted by atomic mass is 16.5. The lowest BCUT2D eigenvalue weighted by molar-refractivity contribution is 0.391. The van der Waals surface area contributed by atoms with E-state index in [0.29, 0.717) is 11.7 Å². The molecular formula is C18H25N5O2. The summed E-state index contributed by atoms with van der Waals surface area (Å²) in [5.41, 5.74) is 14.8. The Kier molecular flexibility index (Phi) is 5.23. The summed E-state index contributed by atoms with van der Waals surface area (Å²) in [6, 6.07) is 5.82. The second-order valence-corrected chi connectivity index (χ2v) is 6.31. The van der Waals surface area contributed by atoms with Crippen LogP contribution in [0.4, 0.5) is 11.8 Å². The summed E-state index contributed by atoms with van der Waals surface area (Å²) < 4.78 is 10.7. The molecule has 25 heavy (non-hydrogen) atoms. The fourth-order valence-corrected chi connectivity index (χ4v) is 3.34. The average molecular weight is 343 g/mol. The van der Waals surface area contributed by atoms with Crippen LogP contribution in [0.25, 0.3) is 0 Å². The van der Waals surface area contributed by atoms with Crippen LogP contribution < -0.4 is 26.3 Å². The van der Waals surface area contributed by atoms with Crippen LogP contribution in [0.2, 0.25) is 0 Å². The standard InChI is InChI=1S/C18H25N5O2/c1-24-13-4-6-16(25-2)12(8-13)10-21-9-11-3-5-15-14(7-11)17(19)23-18(20)22-15/h4,6,8,11,21H,3,5,7,9-10H2,1-2H3,(H4,19,20,22,23). The van der Waals surface area contributed by atoms with Gasteiger partial charge in [-0.1, -0.05) is 0 Å². The molecule has 5 N–H and O–H groups in total. The van der Waals surface area contributed by atoms with E-state index in [1.54, 1.807) is 14.2 Å². The smallest absolute Gasteiger partial charge is 0.222 e. The first-order valence-electron chi connectivity index (χ1n) is 8.43. The maximum Gasteiger partial charge on any atom is 0.222 e. The lowest BCUT2D eigenvalue weighted by Crippen LogP contribution is -2.28. The molecule has 1 aliphatic rings. The minimum atomic E-state index is 0.262. The van der Waals surface area contributed by atoms with E-state index in [2.05, 4.69) is 15.3 Å². The fourth-order valence-electron chi connectivity index (χ4n) is 3.34. The van der Waals surface area contributed by atoms with Crippen LogP contribution in [-0.2, 0) is 19.4 Å². The Balaban J connectivity index is 1.60. The monoisotopic (exact) mass is 343 g/mol. The summed E-state index contributed by atoms with van der Waals surface area (Å²) >= 11 is 0. The predicted octanol–water partition coefficient (Wildman–Crippen LogP) is 1.55. The van der Waals surface area contributed by atoms with Gasteiger partial charge in [0.1, 0.15) is 17.3 Å². The second-order valence-electron chi connectivity index (χ2n) is 6.31. The number of benzene rings is 1. The molecule has 1 unspecified atom stereocenters. The van der Waals surface area contributed by atoms with Crippen LogP contribution in [0.3, 0.4) is 0 Å². The van der Waals surface area contributed by atoms with E-state index < -0.39 is 0 Å². The van der Waals surface area contributed by atoms with Crippen LogP contribution in [0.5, 0.6) is 11.5 Å². The topological polar surface area (TPSA) is 108 Å². The van der Waals surface area contributed by atoms with E-state index in [9.17, 15) is 0 Å². The van der Waals surface area contributed by atoms with Crippen molar-refractivity contribution >= 4 is 11.8 Å². The SMILES string of the molecule is COc1ccc(OC)c(CNCC2CCc3nc(N)nc(N)c3C2)c1. The van der Waals surface area contributed by atoms with Gasteiger partial charge >= 0.3 is 0 Å². The molecule has 1 aromatic heterocycles. The number of nitrogens with zero attached hydrogens (tertiary/aromatic N) is 2. The van der Waals surface area contributed by atoms with Gasteiger partial charge in [-0.15, -0.1) is 0 Å². The zero-order chi connectivity index (χ0) is 17.8. The highest BCUT2D eigenvalue weighted by Crippen LogP contribution is 2.28. The highest BCUT2D eigenvalue weighted by molar-refractivity contribution is 5.47. The summed E-state index contributed by atoms with van der Waals surface area (Å²) in [7, 11) is 3.34. The molecule has 1 aliphatic carbocycles. The number of fused-ring (bicyclic) bond motifs is 1. The first-order valence-corrected chi connectivity index (χ1v) is 8.43. The lowest BCUT2D eigenvalue weighted by Gasteiger charge is -2.25. The van der Waals surface area contributed by atoms with Gasteiger partial charge in [-0.25, -0.2) is 4.98 Å². The normalized spacial score (nSPS) is 16.3. The van der Waals surface area contributed by atoms with Gasteiger partial charge < -0.3 is 26.3 Å². The molecule has 0 aliphatic heterocycles. The molecule has 0 radical (unpaired) electrons. The van der Waals surface area contributed by atoms with Crippen molar-refractivity contribution in [3.05, 3.63) is 35.0 Å². The molecule has 7 nitrogen and oxygen atoms in total. The van der Waals surface area contributed by atoms with Gasteiger partial charge in [0, 0.05) is 17.7 Å². The number of hydrogen-bond donors (Lipinski definition) is 3. The van der Waals surface area contributed by atoms with Gasteiger partial charge in [-0.05, 0) is 49.9 Å². The molecule has 1 atom stereocenters. The third kappa shape index (κ3) is 3.93. The molecule has 0 spiro atoms. The molecule has 1 aromatic carbocycles. The number of rotatable bonds is 6. The van der Waals surface area contributed by atoms with Gasteiger partial charge in [0.15, 0.2) is 0 Å². The van der Waals surface area contributed by atoms with Crippen molar-refractivity contribution in [2.24, 2.45) is 5.92 Å². The number of nitrogen functional groups attached to an aromatic ring is 2. The first-order chi connectivity index (χ1) is 12.1. The van der Waals surface area contributed by atoms with Crippen LogP contribution >= 0.6 is 0 Å². The molecule has 134 valence electrons. The number of methoxy groups -OCH3 is 2. The maximum absolute atomic E-state index is 6.01. The van der Waals surface area contributed by atoms with E-state index in [0.717, 1.165) is 60.7 Å². The number of nitrogens with two attached hydrogens (primary N) is 2. The third-order valence-corrected chi connectivity index (χ3v) is 4.66. The van der Waals surface area contributed by atoms with Gasteiger partial charge in [0.2, 0.25) is 5.95 Å². The fraction of sp³-hybridized carbons (Fsp3) is 0.444. The van der Waals surface area contributed by atoms with Crippen molar-refractivity contribution in [3.63, 3.8) is 0 Å². The largest absolute Gasteiger partial charge is 0.497 e.